The van der Waals surface area contributed by atoms with Gasteiger partial charge in [0.15, 0.2) is 5.13 Å². The predicted octanol–water partition coefficient (Wildman–Crippen LogP) is 2.66. The molecule has 7 heteroatoms. The van der Waals surface area contributed by atoms with E-state index in [2.05, 4.69) is 9.88 Å². The Balaban J connectivity index is 1.79. The van der Waals surface area contributed by atoms with E-state index in [-0.39, 0.29) is 0 Å². The molecule has 0 N–H and O–H groups in total. The first kappa shape index (κ1) is 16.4. The van der Waals surface area contributed by atoms with Gasteiger partial charge in [0.25, 0.3) is 0 Å². The summed E-state index contributed by atoms with van der Waals surface area (Å²) >= 11 is 1.59. The number of anilines is 1. The summed E-state index contributed by atoms with van der Waals surface area (Å²) in [6.07, 6.45) is 2.60. The Hall–Kier alpha value is -1.44. The third-order valence-corrected chi connectivity index (χ3v) is 6.99. The van der Waals surface area contributed by atoms with Crippen molar-refractivity contribution in [1.82, 2.24) is 9.29 Å². The third-order valence-electron chi connectivity index (χ3n) is 4.26. The van der Waals surface area contributed by atoms with Gasteiger partial charge < -0.3 is 4.90 Å². The number of nitrogens with zero attached hydrogens (tertiary/aromatic N) is 3. The van der Waals surface area contributed by atoms with E-state index in [1.807, 2.05) is 25.3 Å². The number of sulfonamides is 1. The number of hydrogen-bond acceptors (Lipinski definition) is 5. The molecular weight excluding hydrogens is 330 g/mol. The molecule has 2 aromatic rings. The largest absolute Gasteiger partial charge is 0.347 e. The normalized spacial score (nSPS) is 17.2. The van der Waals surface area contributed by atoms with Gasteiger partial charge in [0.05, 0.1) is 4.90 Å². The van der Waals surface area contributed by atoms with Crippen LogP contribution in [0.5, 0.6) is 0 Å². The van der Waals surface area contributed by atoms with Gasteiger partial charge in [0.1, 0.15) is 0 Å². The lowest BCUT2D eigenvalue weighted by atomic mass is 10.1. The van der Waals surface area contributed by atoms with Crippen LogP contribution in [0, 0.1) is 13.8 Å². The van der Waals surface area contributed by atoms with Crippen molar-refractivity contribution < 1.29 is 8.42 Å². The molecule has 1 fully saturated rings. The van der Waals surface area contributed by atoms with Crippen LogP contribution in [0.3, 0.4) is 0 Å². The maximum atomic E-state index is 12.9. The van der Waals surface area contributed by atoms with Gasteiger partial charge in [0.2, 0.25) is 10.0 Å². The number of benzene rings is 1. The number of thiazole rings is 1. The molecule has 0 radical (unpaired) electrons. The Bertz CT molecular complexity index is 773. The van der Waals surface area contributed by atoms with Crippen LogP contribution in [0.4, 0.5) is 5.13 Å². The molecule has 1 aliphatic heterocycles. The van der Waals surface area contributed by atoms with E-state index in [0.717, 1.165) is 29.2 Å². The lowest BCUT2D eigenvalue weighted by molar-refractivity contribution is 0.433. The van der Waals surface area contributed by atoms with Crippen molar-refractivity contribution in [2.45, 2.75) is 25.2 Å². The number of aryl methyl sites for hydroxylation is 2. The van der Waals surface area contributed by atoms with Gasteiger partial charge in [-0.1, -0.05) is 6.07 Å². The van der Waals surface area contributed by atoms with E-state index in [1.165, 1.54) is 0 Å². The second kappa shape index (κ2) is 6.59. The molecule has 1 aromatic heterocycles. The molecule has 3 rings (SSSR count). The fourth-order valence-corrected chi connectivity index (χ4v) is 4.97. The van der Waals surface area contributed by atoms with Crippen LogP contribution < -0.4 is 4.90 Å². The predicted molar refractivity (Wildman–Crippen MR) is 93.6 cm³/mol. The van der Waals surface area contributed by atoms with Gasteiger partial charge in [-0.25, -0.2) is 13.4 Å². The average molecular weight is 351 g/mol. The Labute approximate surface area is 141 Å². The molecule has 0 spiro atoms. The molecule has 1 aromatic carbocycles. The summed E-state index contributed by atoms with van der Waals surface area (Å²) in [6.45, 7) is 6.50. The van der Waals surface area contributed by atoms with Crippen molar-refractivity contribution in [3.8, 4) is 0 Å². The molecule has 124 valence electrons. The summed E-state index contributed by atoms with van der Waals surface area (Å²) in [7, 11) is -3.43. The van der Waals surface area contributed by atoms with E-state index >= 15 is 0 Å². The maximum absolute atomic E-state index is 12.9. The monoisotopic (exact) mass is 351 g/mol. The van der Waals surface area contributed by atoms with Crippen molar-refractivity contribution in [1.29, 1.82) is 0 Å². The Morgan fingerprint density at radius 3 is 2.61 bits per heavy atom. The van der Waals surface area contributed by atoms with Crippen LogP contribution >= 0.6 is 11.3 Å². The second-order valence-electron chi connectivity index (χ2n) is 5.81. The highest BCUT2D eigenvalue weighted by Crippen LogP contribution is 2.23. The topological polar surface area (TPSA) is 53.5 Å². The lowest BCUT2D eigenvalue weighted by Crippen LogP contribution is -2.35. The smallest absolute Gasteiger partial charge is 0.243 e. The summed E-state index contributed by atoms with van der Waals surface area (Å²) in [5.74, 6) is 0. The lowest BCUT2D eigenvalue weighted by Gasteiger charge is -2.21. The molecule has 0 aliphatic carbocycles. The average Bonchev–Trinajstić information content (AvgIpc) is 2.94. The number of hydrogen-bond donors (Lipinski definition) is 0. The van der Waals surface area contributed by atoms with Gasteiger partial charge >= 0.3 is 0 Å². The standard InChI is InChI=1S/C16H21N3O2S2/c1-13-4-5-15(12-14(13)2)23(20,21)19-8-3-7-18(9-10-19)16-17-6-11-22-16/h4-6,11-12H,3,7-10H2,1-2H3. The van der Waals surface area contributed by atoms with Crippen molar-refractivity contribution in [2.24, 2.45) is 0 Å². The second-order valence-corrected chi connectivity index (χ2v) is 8.62. The summed E-state index contributed by atoms with van der Waals surface area (Å²) in [6, 6.07) is 5.36. The summed E-state index contributed by atoms with van der Waals surface area (Å²) in [5.41, 5.74) is 2.11. The number of rotatable bonds is 3. The Morgan fingerprint density at radius 1 is 1.09 bits per heavy atom. The highest BCUT2D eigenvalue weighted by Gasteiger charge is 2.27. The zero-order valence-electron chi connectivity index (χ0n) is 13.4. The van der Waals surface area contributed by atoms with Crippen LogP contribution in [-0.4, -0.2) is 43.9 Å². The highest BCUT2D eigenvalue weighted by atomic mass is 32.2. The van der Waals surface area contributed by atoms with Crippen molar-refractivity contribution in [2.75, 3.05) is 31.1 Å². The van der Waals surface area contributed by atoms with Gasteiger partial charge in [0, 0.05) is 37.8 Å². The summed E-state index contributed by atoms with van der Waals surface area (Å²) in [5, 5.41) is 2.92. The first-order valence-corrected chi connectivity index (χ1v) is 10.0. The first-order valence-electron chi connectivity index (χ1n) is 7.70. The summed E-state index contributed by atoms with van der Waals surface area (Å²) < 4.78 is 27.4. The van der Waals surface area contributed by atoms with Crippen LogP contribution in [-0.2, 0) is 10.0 Å². The van der Waals surface area contributed by atoms with Gasteiger partial charge in [-0.2, -0.15) is 4.31 Å². The van der Waals surface area contributed by atoms with Crippen LogP contribution in [0.15, 0.2) is 34.7 Å². The van der Waals surface area contributed by atoms with Gasteiger partial charge in [-0.05, 0) is 43.5 Å². The SMILES string of the molecule is Cc1ccc(S(=O)(=O)N2CCCN(c3nccs3)CC2)cc1C. The maximum Gasteiger partial charge on any atom is 0.243 e. The van der Waals surface area contributed by atoms with Crippen LogP contribution in [0.25, 0.3) is 0 Å². The molecule has 2 heterocycles. The fraction of sp³-hybridized carbons (Fsp3) is 0.438. The van der Waals surface area contributed by atoms with Crippen LogP contribution in [0.1, 0.15) is 17.5 Å². The molecule has 5 nitrogen and oxygen atoms in total. The third kappa shape index (κ3) is 3.41. The zero-order valence-corrected chi connectivity index (χ0v) is 15.0. The molecule has 0 atom stereocenters. The zero-order chi connectivity index (χ0) is 16.4. The molecule has 0 amide bonds. The quantitative estimate of drug-likeness (QED) is 0.853. The Kier molecular flexibility index (Phi) is 4.70. The molecule has 0 bridgehead atoms. The molecule has 1 aliphatic rings. The van der Waals surface area contributed by atoms with Crippen molar-refractivity contribution in [3.63, 3.8) is 0 Å². The van der Waals surface area contributed by atoms with E-state index in [9.17, 15) is 8.42 Å². The summed E-state index contributed by atoms with van der Waals surface area (Å²) in [4.78, 5) is 6.88. The molecule has 1 saturated heterocycles. The number of aromatic nitrogens is 1. The fourth-order valence-electron chi connectivity index (χ4n) is 2.72. The van der Waals surface area contributed by atoms with Crippen molar-refractivity contribution >= 4 is 26.5 Å². The minimum Gasteiger partial charge on any atom is -0.347 e. The van der Waals surface area contributed by atoms with E-state index in [4.69, 9.17) is 0 Å². The minimum atomic E-state index is -3.43. The highest BCUT2D eigenvalue weighted by molar-refractivity contribution is 7.89. The van der Waals surface area contributed by atoms with Crippen molar-refractivity contribution in [3.05, 3.63) is 40.9 Å². The minimum absolute atomic E-state index is 0.392. The molecular formula is C16H21N3O2S2. The van der Waals surface area contributed by atoms with E-state index in [0.29, 0.717) is 24.5 Å². The van der Waals surface area contributed by atoms with E-state index < -0.39 is 10.0 Å². The van der Waals surface area contributed by atoms with Crippen LogP contribution in [0.2, 0.25) is 0 Å². The molecule has 0 saturated carbocycles. The molecule has 23 heavy (non-hydrogen) atoms. The Morgan fingerprint density at radius 2 is 1.91 bits per heavy atom. The molecule has 0 unspecified atom stereocenters. The van der Waals surface area contributed by atoms with Gasteiger partial charge in [-0.15, -0.1) is 11.3 Å². The van der Waals surface area contributed by atoms with E-state index in [1.54, 1.807) is 34.0 Å². The first-order chi connectivity index (χ1) is 11.0. The van der Waals surface area contributed by atoms with Gasteiger partial charge in [-0.3, -0.25) is 0 Å².